The van der Waals surface area contributed by atoms with Gasteiger partial charge in [0.1, 0.15) is 19.3 Å². The minimum absolute atomic E-state index is 0.0495. The van der Waals surface area contributed by atoms with E-state index in [0.29, 0.717) is 11.3 Å². The number of hydrogen-bond acceptors (Lipinski definition) is 8. The van der Waals surface area contributed by atoms with E-state index in [1.807, 2.05) is 43.4 Å². The number of carboxylic acid groups (broad SMARTS) is 1. The van der Waals surface area contributed by atoms with Gasteiger partial charge in [0.05, 0.1) is 37.7 Å². The summed E-state index contributed by atoms with van der Waals surface area (Å²) in [4.78, 5) is 50.3. The van der Waals surface area contributed by atoms with Gasteiger partial charge in [0, 0.05) is 5.56 Å². The maximum absolute atomic E-state index is 13.7. The largest absolute Gasteiger partial charge is 0.465 e. The molecule has 0 aliphatic carbocycles. The van der Waals surface area contributed by atoms with Gasteiger partial charge in [-0.2, -0.15) is 10.2 Å². The Morgan fingerprint density at radius 2 is 1.98 bits per heavy atom. The molecule has 4 rings (SSSR count). The van der Waals surface area contributed by atoms with E-state index in [1.54, 1.807) is 10.9 Å². The molecular weight excluding hydrogens is 550 g/mol. The van der Waals surface area contributed by atoms with Crippen molar-refractivity contribution < 1.29 is 33.7 Å². The quantitative estimate of drug-likeness (QED) is 0.148. The zero-order chi connectivity index (χ0) is 29.8. The predicted octanol–water partition coefficient (Wildman–Crippen LogP) is 3.17. The van der Waals surface area contributed by atoms with Crippen molar-refractivity contribution in [2.45, 2.75) is 64.1 Å². The number of oxime groups is 1. The van der Waals surface area contributed by atoms with Crippen LogP contribution in [-0.2, 0) is 32.1 Å². The number of hydrogen-bond donors (Lipinski definition) is 3. The summed E-state index contributed by atoms with van der Waals surface area (Å²) >= 11 is 0. The van der Waals surface area contributed by atoms with E-state index in [4.69, 9.17) is 19.3 Å². The Morgan fingerprint density at radius 1 is 1.24 bits per heavy atom. The standard InChI is InChI=1S/C26H37N7O7Si/c1-26(2,3)41(4,5)40-30-23(34)22-21-19(15-28-32(21)13-11-29-38-14-12-27-24(35)36)20-16-31(22)25(37)33(20)39-17-18-9-7-6-8-10-18/h6-11,15,20,22,27H,12-14,16-17H2,1-5H3,(H,30,34)(H,35,36)/t20-,22-/m0/s1. The molecule has 2 aliphatic heterocycles. The SMILES string of the molecule is CC(C)(C)[Si](C)(C)ONC(=O)[C@@H]1c2c(cnn2CC=NOCCNC(=O)O)[C@@H]2CN1C(=O)N2OCc1ccccc1. The van der Waals surface area contributed by atoms with Crippen molar-refractivity contribution in [3.8, 4) is 0 Å². The van der Waals surface area contributed by atoms with Crippen molar-refractivity contribution in [2.75, 3.05) is 19.7 Å². The molecular formula is C26H37N7O7Si. The van der Waals surface area contributed by atoms with Crippen LogP contribution in [0, 0.1) is 0 Å². The van der Waals surface area contributed by atoms with Crippen LogP contribution in [0.2, 0.25) is 18.1 Å². The highest BCUT2D eigenvalue weighted by atomic mass is 28.4. The lowest BCUT2D eigenvalue weighted by molar-refractivity contribution is -0.141. The molecule has 0 radical (unpaired) electrons. The molecule has 1 fully saturated rings. The van der Waals surface area contributed by atoms with Gasteiger partial charge in [-0.15, -0.1) is 0 Å². The maximum atomic E-state index is 13.7. The second-order valence-corrected chi connectivity index (χ2v) is 16.0. The maximum Gasteiger partial charge on any atom is 0.404 e. The number of fused-ring (bicyclic) bond motifs is 4. The van der Waals surface area contributed by atoms with Gasteiger partial charge in [-0.1, -0.05) is 56.3 Å². The van der Waals surface area contributed by atoms with Gasteiger partial charge in [0.15, 0.2) is 6.04 Å². The number of carbonyl (C=O) groups is 3. The van der Waals surface area contributed by atoms with Crippen molar-refractivity contribution in [3.63, 3.8) is 0 Å². The summed E-state index contributed by atoms with van der Waals surface area (Å²) in [6.07, 6.45) is 1.94. The summed E-state index contributed by atoms with van der Waals surface area (Å²) in [5, 5.41) is 20.3. The summed E-state index contributed by atoms with van der Waals surface area (Å²) in [6.45, 7) is 10.9. The molecule has 2 atom stereocenters. The number of benzene rings is 1. The van der Waals surface area contributed by atoms with Crippen LogP contribution in [0.15, 0.2) is 41.7 Å². The highest BCUT2D eigenvalue weighted by Gasteiger charge is 2.53. The fraction of sp³-hybridized carbons (Fsp3) is 0.500. The van der Waals surface area contributed by atoms with Gasteiger partial charge in [-0.05, 0) is 23.7 Å². The minimum Gasteiger partial charge on any atom is -0.465 e. The van der Waals surface area contributed by atoms with Gasteiger partial charge < -0.3 is 24.7 Å². The zero-order valence-corrected chi connectivity index (χ0v) is 24.9. The number of nitrogens with one attached hydrogen (secondary N) is 2. The van der Waals surface area contributed by atoms with Gasteiger partial charge in [-0.3, -0.25) is 14.3 Å². The van der Waals surface area contributed by atoms with Crippen LogP contribution in [0.5, 0.6) is 0 Å². The normalized spacial score (nSPS) is 18.5. The molecule has 2 aliphatic rings. The fourth-order valence-electron chi connectivity index (χ4n) is 4.23. The molecule has 15 heteroatoms. The second kappa shape index (κ2) is 12.3. The van der Waals surface area contributed by atoms with Gasteiger partial charge >= 0.3 is 12.1 Å². The van der Waals surface area contributed by atoms with Crippen LogP contribution in [0.3, 0.4) is 0 Å². The number of nitrogens with zero attached hydrogens (tertiary/aromatic N) is 5. The van der Waals surface area contributed by atoms with Crippen molar-refractivity contribution >= 4 is 32.6 Å². The van der Waals surface area contributed by atoms with Crippen molar-refractivity contribution in [1.29, 1.82) is 0 Å². The van der Waals surface area contributed by atoms with Gasteiger partial charge in [0.2, 0.25) is 8.32 Å². The Balaban J connectivity index is 1.55. The summed E-state index contributed by atoms with van der Waals surface area (Å²) < 4.78 is 7.58. The molecule has 1 aromatic carbocycles. The Kier molecular flexibility index (Phi) is 8.99. The molecule has 41 heavy (non-hydrogen) atoms. The predicted molar refractivity (Wildman–Crippen MR) is 150 cm³/mol. The Morgan fingerprint density at radius 3 is 2.66 bits per heavy atom. The molecule has 2 aromatic rings. The highest BCUT2D eigenvalue weighted by Crippen LogP contribution is 2.44. The number of rotatable bonds is 12. The highest BCUT2D eigenvalue weighted by molar-refractivity contribution is 6.74. The molecule has 2 bridgehead atoms. The topological polar surface area (TPSA) is 160 Å². The van der Waals surface area contributed by atoms with Gasteiger partial charge in [0.25, 0.3) is 5.91 Å². The lowest BCUT2D eigenvalue weighted by atomic mass is 9.97. The summed E-state index contributed by atoms with van der Waals surface area (Å²) in [6, 6.07) is 7.60. The van der Waals surface area contributed by atoms with Crippen LogP contribution in [-0.4, -0.2) is 77.1 Å². The second-order valence-electron chi connectivity index (χ2n) is 11.3. The first-order valence-electron chi connectivity index (χ1n) is 13.3. The monoisotopic (exact) mass is 587 g/mol. The number of amides is 4. The van der Waals surface area contributed by atoms with E-state index in [9.17, 15) is 14.4 Å². The van der Waals surface area contributed by atoms with E-state index >= 15 is 0 Å². The number of urea groups is 1. The van der Waals surface area contributed by atoms with Crippen LogP contribution in [0.4, 0.5) is 9.59 Å². The van der Waals surface area contributed by atoms with Crippen LogP contribution < -0.4 is 10.8 Å². The first kappa shape index (κ1) is 30.0. The summed E-state index contributed by atoms with van der Waals surface area (Å²) in [7, 11) is -2.34. The molecule has 222 valence electrons. The molecule has 1 saturated heterocycles. The van der Waals surface area contributed by atoms with Crippen LogP contribution >= 0.6 is 0 Å². The van der Waals surface area contributed by atoms with Crippen LogP contribution in [0.1, 0.15) is 49.7 Å². The first-order valence-corrected chi connectivity index (χ1v) is 16.2. The molecule has 0 unspecified atom stereocenters. The van der Waals surface area contributed by atoms with E-state index in [-0.39, 0.29) is 37.9 Å². The lowest BCUT2D eigenvalue weighted by Crippen LogP contribution is -2.50. The van der Waals surface area contributed by atoms with Crippen molar-refractivity contribution in [2.24, 2.45) is 5.16 Å². The van der Waals surface area contributed by atoms with Crippen LogP contribution in [0.25, 0.3) is 0 Å². The first-order chi connectivity index (χ1) is 19.4. The number of hydroxylamine groups is 3. The summed E-state index contributed by atoms with van der Waals surface area (Å²) in [5.74, 6) is -0.484. The zero-order valence-electron chi connectivity index (χ0n) is 23.9. The lowest BCUT2D eigenvalue weighted by Gasteiger charge is -2.36. The third-order valence-electron chi connectivity index (χ3n) is 7.47. The molecule has 14 nitrogen and oxygen atoms in total. The van der Waals surface area contributed by atoms with E-state index < -0.39 is 38.4 Å². The molecule has 0 saturated carbocycles. The van der Waals surface area contributed by atoms with Crippen molar-refractivity contribution in [1.82, 2.24) is 30.5 Å². The average molecular weight is 588 g/mol. The van der Waals surface area contributed by atoms with Crippen molar-refractivity contribution in [3.05, 3.63) is 53.3 Å². The van der Waals surface area contributed by atoms with Gasteiger partial charge in [-0.25, -0.2) is 15.1 Å². The molecule has 3 heterocycles. The smallest absolute Gasteiger partial charge is 0.404 e. The average Bonchev–Trinajstić information content (AvgIpc) is 3.45. The molecule has 0 spiro atoms. The van der Waals surface area contributed by atoms with E-state index in [2.05, 4.69) is 41.8 Å². The van der Waals surface area contributed by atoms with E-state index in [0.717, 1.165) is 5.56 Å². The number of aromatic nitrogens is 2. The number of carbonyl (C=O) groups excluding carboxylic acids is 2. The minimum atomic E-state index is -2.34. The third-order valence-corrected chi connectivity index (χ3v) is 11.7. The van der Waals surface area contributed by atoms with E-state index in [1.165, 1.54) is 16.2 Å². The Bertz CT molecular complexity index is 1280. The fourth-order valence-corrected chi connectivity index (χ4v) is 4.89. The third kappa shape index (κ3) is 6.69. The summed E-state index contributed by atoms with van der Waals surface area (Å²) in [5.41, 5.74) is 4.76. The Labute approximate surface area is 239 Å². The molecule has 1 aromatic heterocycles. The Hall–Kier alpha value is -3.95. The molecule has 3 N–H and O–H groups in total. The molecule has 4 amide bonds.